The molecule has 4 aromatic rings. The zero-order valence-electron chi connectivity index (χ0n) is 23.9. The molecule has 1 fully saturated rings. The molecular weight excluding hydrogens is 566 g/mol. The monoisotopic (exact) mass is 597 g/mol. The van der Waals surface area contributed by atoms with Crippen LogP contribution in [0.5, 0.6) is 0 Å². The van der Waals surface area contributed by atoms with Crippen LogP contribution in [0.4, 0.5) is 11.4 Å². The van der Waals surface area contributed by atoms with Gasteiger partial charge in [0.2, 0.25) is 5.91 Å². The number of halogens is 1. The number of aryl methyl sites for hydroxylation is 1. The average Bonchev–Trinajstić information content (AvgIpc) is 3.62. The Kier molecular flexibility index (Phi) is 6.98. The maximum atomic E-state index is 13.8. The van der Waals surface area contributed by atoms with Crippen molar-refractivity contribution in [3.8, 4) is 22.5 Å². The van der Waals surface area contributed by atoms with Gasteiger partial charge in [0.25, 0.3) is 5.56 Å². The summed E-state index contributed by atoms with van der Waals surface area (Å²) >= 11 is 6.42. The van der Waals surface area contributed by atoms with Crippen molar-refractivity contribution in [2.45, 2.75) is 45.1 Å². The summed E-state index contributed by atoms with van der Waals surface area (Å²) in [5.41, 5.74) is 12.5. The van der Waals surface area contributed by atoms with Crippen LogP contribution in [-0.4, -0.2) is 30.2 Å². The van der Waals surface area contributed by atoms with Gasteiger partial charge in [0, 0.05) is 59.2 Å². The summed E-state index contributed by atoms with van der Waals surface area (Å²) in [6.07, 6.45) is 11.4. The molecule has 0 unspecified atom stereocenters. The molecule has 1 saturated carbocycles. The molecule has 0 saturated heterocycles. The van der Waals surface area contributed by atoms with E-state index in [0.717, 1.165) is 40.3 Å². The molecule has 1 amide bonds. The Hall–Kier alpha value is -4.48. The van der Waals surface area contributed by atoms with Gasteiger partial charge in [-0.05, 0) is 56.0 Å². The number of pyridine rings is 1. The van der Waals surface area contributed by atoms with Gasteiger partial charge >= 0.3 is 0 Å². The van der Waals surface area contributed by atoms with Crippen molar-refractivity contribution < 1.29 is 4.79 Å². The number of nitrogens with one attached hydrogen (secondary N) is 3. The highest BCUT2D eigenvalue weighted by molar-refractivity contribution is 6.31. The third-order valence-electron chi connectivity index (χ3n) is 8.43. The fraction of sp³-hybridized carbons (Fsp3) is 0.323. The van der Waals surface area contributed by atoms with E-state index < -0.39 is 0 Å². The SMILES string of the molecule is C[C@@H]1CCC[C@H](n2cnc(-c3cc(Cl)ccc3N3C=C(C4CC4)NN3)cc2=O)c2cc(ccn2)-c2c(cnn2C)NC1=O. The average molecular weight is 598 g/mol. The molecule has 0 spiro atoms. The number of amides is 1. The third kappa shape index (κ3) is 5.30. The highest BCUT2D eigenvalue weighted by atomic mass is 35.5. The summed E-state index contributed by atoms with van der Waals surface area (Å²) in [4.78, 5) is 36.2. The highest BCUT2D eigenvalue weighted by Crippen LogP contribution is 2.38. The zero-order chi connectivity index (χ0) is 29.7. The van der Waals surface area contributed by atoms with Crippen molar-refractivity contribution in [3.05, 3.63) is 88.1 Å². The summed E-state index contributed by atoms with van der Waals surface area (Å²) in [5, 5.41) is 9.87. The van der Waals surface area contributed by atoms with Gasteiger partial charge < -0.3 is 10.7 Å². The number of aromatic nitrogens is 5. The molecule has 5 heterocycles. The van der Waals surface area contributed by atoms with Gasteiger partial charge in [-0.2, -0.15) is 5.10 Å². The predicted octanol–water partition coefficient (Wildman–Crippen LogP) is 4.79. The summed E-state index contributed by atoms with van der Waals surface area (Å²) in [5.74, 6) is 0.291. The van der Waals surface area contributed by atoms with Crippen LogP contribution in [0.3, 0.4) is 0 Å². The second-order valence-corrected chi connectivity index (χ2v) is 11.9. The largest absolute Gasteiger partial charge is 0.323 e. The van der Waals surface area contributed by atoms with Crippen molar-refractivity contribution >= 4 is 28.9 Å². The van der Waals surface area contributed by atoms with Gasteiger partial charge in [0.15, 0.2) is 0 Å². The van der Waals surface area contributed by atoms with Crippen LogP contribution in [0, 0.1) is 11.8 Å². The normalized spacial score (nSPS) is 20.4. The first-order valence-electron chi connectivity index (χ1n) is 14.6. The number of fused-ring (bicyclic) bond motifs is 4. The lowest BCUT2D eigenvalue weighted by molar-refractivity contribution is -0.119. The number of nitrogens with zero attached hydrogens (tertiary/aromatic N) is 6. The second kappa shape index (κ2) is 11.0. The summed E-state index contributed by atoms with van der Waals surface area (Å²) < 4.78 is 3.38. The molecule has 2 aliphatic heterocycles. The van der Waals surface area contributed by atoms with Gasteiger partial charge in [-0.3, -0.25) is 28.8 Å². The first kappa shape index (κ1) is 27.4. The van der Waals surface area contributed by atoms with E-state index >= 15 is 0 Å². The number of rotatable bonds is 4. The Morgan fingerprint density at radius 2 is 1.88 bits per heavy atom. The fourth-order valence-electron chi connectivity index (χ4n) is 5.86. The first-order chi connectivity index (χ1) is 20.9. The molecule has 2 atom stereocenters. The third-order valence-corrected chi connectivity index (χ3v) is 8.66. The van der Waals surface area contributed by atoms with Crippen molar-refractivity contribution in [3.63, 3.8) is 0 Å². The summed E-state index contributed by atoms with van der Waals surface area (Å²) in [6, 6.07) is 10.6. The van der Waals surface area contributed by atoms with Gasteiger partial charge in [-0.25, -0.2) is 4.98 Å². The lowest BCUT2D eigenvalue weighted by atomic mass is 9.97. The van der Waals surface area contributed by atoms with Gasteiger partial charge in [0.1, 0.15) is 0 Å². The lowest BCUT2D eigenvalue weighted by Crippen LogP contribution is -2.37. The maximum absolute atomic E-state index is 13.8. The molecule has 11 nitrogen and oxygen atoms in total. The van der Waals surface area contributed by atoms with E-state index in [2.05, 4.69) is 21.4 Å². The number of allylic oxidation sites excluding steroid dienone is 1. The molecule has 1 aliphatic carbocycles. The molecule has 3 N–H and O–H groups in total. The number of hydrazine groups is 2. The minimum Gasteiger partial charge on any atom is -0.323 e. The maximum Gasteiger partial charge on any atom is 0.254 e. The molecule has 1 aromatic carbocycles. The van der Waals surface area contributed by atoms with E-state index in [1.54, 1.807) is 34.0 Å². The van der Waals surface area contributed by atoms with Crippen LogP contribution in [0.25, 0.3) is 22.5 Å². The van der Waals surface area contributed by atoms with E-state index in [9.17, 15) is 9.59 Å². The van der Waals surface area contributed by atoms with E-state index in [0.29, 0.717) is 35.2 Å². The van der Waals surface area contributed by atoms with Gasteiger partial charge in [0.05, 0.1) is 47.0 Å². The molecule has 43 heavy (non-hydrogen) atoms. The Labute approximate surface area is 253 Å². The number of carbonyl (C=O) groups is 1. The van der Waals surface area contributed by atoms with E-state index in [-0.39, 0.29) is 23.4 Å². The number of hydrogen-bond donors (Lipinski definition) is 3. The molecule has 220 valence electrons. The first-order valence-corrected chi connectivity index (χ1v) is 14.9. The fourth-order valence-corrected chi connectivity index (χ4v) is 6.03. The predicted molar refractivity (Wildman–Crippen MR) is 165 cm³/mol. The van der Waals surface area contributed by atoms with Crippen LogP contribution in [-0.2, 0) is 11.8 Å². The minimum atomic E-state index is -0.368. The Bertz CT molecular complexity index is 1810. The Morgan fingerprint density at radius 3 is 2.70 bits per heavy atom. The van der Waals surface area contributed by atoms with E-state index in [1.807, 2.05) is 55.5 Å². The quantitative estimate of drug-likeness (QED) is 0.307. The molecule has 3 aromatic heterocycles. The molecule has 12 heteroatoms. The number of benzene rings is 1. The molecular formula is C31H32ClN9O2. The van der Waals surface area contributed by atoms with Crippen molar-refractivity contribution in [1.82, 2.24) is 35.3 Å². The van der Waals surface area contributed by atoms with Crippen molar-refractivity contribution in [2.24, 2.45) is 18.9 Å². The topological polar surface area (TPSA) is 122 Å². The van der Waals surface area contributed by atoms with E-state index in [4.69, 9.17) is 21.6 Å². The Balaban J connectivity index is 1.27. The van der Waals surface area contributed by atoms with Crippen molar-refractivity contribution in [1.29, 1.82) is 0 Å². The number of hydrogen-bond acceptors (Lipinski definition) is 8. The molecule has 3 aliphatic rings. The van der Waals surface area contributed by atoms with Crippen LogP contribution < -0.4 is 26.8 Å². The summed E-state index contributed by atoms with van der Waals surface area (Å²) in [7, 11) is 1.84. The number of anilines is 2. The van der Waals surface area contributed by atoms with Crippen molar-refractivity contribution in [2.75, 3.05) is 10.3 Å². The van der Waals surface area contributed by atoms with E-state index in [1.165, 1.54) is 12.8 Å². The van der Waals surface area contributed by atoms with Gasteiger partial charge in [-0.1, -0.05) is 24.9 Å². The molecule has 2 bridgehead atoms. The Morgan fingerprint density at radius 1 is 1.02 bits per heavy atom. The standard InChI is InChI=1S/C31H32ClN9O2/c1-18-4-3-5-28(24-12-20(10-11-33-24)30-25(36-31(18)43)15-35-39(30)2)40-17-34-23(14-29(40)42)22-13-21(32)8-9-27(22)41-16-26(37-38-41)19-6-7-19/h8-19,28,37-38H,3-7H2,1-2H3,(H,36,43)/t18-,28+/m1/s1. The van der Waals surface area contributed by atoms with Crippen LogP contribution in [0.1, 0.15) is 50.8 Å². The highest BCUT2D eigenvalue weighted by Gasteiger charge is 2.30. The summed E-state index contributed by atoms with van der Waals surface area (Å²) in [6.45, 7) is 1.92. The van der Waals surface area contributed by atoms with Crippen LogP contribution in [0.15, 0.2) is 71.8 Å². The molecule has 0 radical (unpaired) electrons. The van der Waals surface area contributed by atoms with Gasteiger partial charge in [-0.15, -0.1) is 5.53 Å². The zero-order valence-corrected chi connectivity index (χ0v) is 24.7. The molecule has 7 rings (SSSR count). The minimum absolute atomic E-state index is 0.0528. The van der Waals surface area contributed by atoms with Crippen LogP contribution >= 0.6 is 11.6 Å². The smallest absolute Gasteiger partial charge is 0.254 e. The second-order valence-electron chi connectivity index (χ2n) is 11.5. The number of carbonyl (C=O) groups excluding carboxylic acids is 1. The lowest BCUT2D eigenvalue weighted by Gasteiger charge is -2.23. The van der Waals surface area contributed by atoms with Crippen LogP contribution in [0.2, 0.25) is 5.02 Å².